The fraction of sp³-hybridized carbons (Fsp3) is 0.500. The SMILES string of the molecule is N=C1c2ccccc2CN1CCC1CCC1. The van der Waals surface area contributed by atoms with E-state index in [1.807, 2.05) is 6.07 Å². The molecule has 0 radical (unpaired) electrons. The molecule has 1 fully saturated rings. The Morgan fingerprint density at radius 3 is 2.75 bits per heavy atom. The Bertz CT molecular complexity index is 407. The molecule has 2 nitrogen and oxygen atoms in total. The molecule has 2 heteroatoms. The smallest absolute Gasteiger partial charge is 0.128 e. The monoisotopic (exact) mass is 214 g/mol. The van der Waals surface area contributed by atoms with Gasteiger partial charge >= 0.3 is 0 Å². The van der Waals surface area contributed by atoms with Gasteiger partial charge in [-0.3, -0.25) is 5.41 Å². The van der Waals surface area contributed by atoms with E-state index in [9.17, 15) is 0 Å². The Morgan fingerprint density at radius 2 is 2.06 bits per heavy atom. The number of rotatable bonds is 3. The predicted octanol–water partition coefficient (Wildman–Crippen LogP) is 3.02. The number of fused-ring (bicyclic) bond motifs is 1. The van der Waals surface area contributed by atoms with Crippen LogP contribution in [0.2, 0.25) is 0 Å². The fourth-order valence-electron chi connectivity index (χ4n) is 2.65. The van der Waals surface area contributed by atoms with Crippen LogP contribution >= 0.6 is 0 Å². The topological polar surface area (TPSA) is 27.1 Å². The average Bonchev–Trinajstić information content (AvgIpc) is 2.55. The molecular weight excluding hydrogens is 196 g/mol. The summed E-state index contributed by atoms with van der Waals surface area (Å²) >= 11 is 0. The molecule has 0 bridgehead atoms. The van der Waals surface area contributed by atoms with Gasteiger partial charge < -0.3 is 4.90 Å². The van der Waals surface area contributed by atoms with Crippen LogP contribution in [0.1, 0.15) is 36.8 Å². The van der Waals surface area contributed by atoms with Crippen LogP contribution < -0.4 is 0 Å². The van der Waals surface area contributed by atoms with Crippen molar-refractivity contribution < 1.29 is 0 Å². The summed E-state index contributed by atoms with van der Waals surface area (Å²) in [4.78, 5) is 2.23. The van der Waals surface area contributed by atoms with Crippen LogP contribution in [0, 0.1) is 11.3 Å². The van der Waals surface area contributed by atoms with Gasteiger partial charge in [0, 0.05) is 18.7 Å². The van der Waals surface area contributed by atoms with Gasteiger partial charge in [-0.2, -0.15) is 0 Å². The lowest BCUT2D eigenvalue weighted by Gasteiger charge is -2.28. The van der Waals surface area contributed by atoms with Crippen molar-refractivity contribution in [2.45, 2.75) is 32.2 Å². The molecule has 0 spiro atoms. The minimum Gasteiger partial charge on any atom is -0.352 e. The minimum absolute atomic E-state index is 0.731. The summed E-state index contributed by atoms with van der Waals surface area (Å²) in [7, 11) is 0. The van der Waals surface area contributed by atoms with E-state index in [1.165, 1.54) is 31.2 Å². The second-order valence-corrected chi connectivity index (χ2v) is 5.01. The Labute approximate surface area is 96.8 Å². The van der Waals surface area contributed by atoms with Crippen molar-refractivity contribution in [3.8, 4) is 0 Å². The molecule has 3 rings (SSSR count). The van der Waals surface area contributed by atoms with Crippen LogP contribution in [0.5, 0.6) is 0 Å². The van der Waals surface area contributed by atoms with Crippen LogP contribution in [0.3, 0.4) is 0 Å². The molecule has 0 amide bonds. The zero-order valence-electron chi connectivity index (χ0n) is 9.58. The van der Waals surface area contributed by atoms with Crippen molar-refractivity contribution in [1.29, 1.82) is 5.41 Å². The van der Waals surface area contributed by atoms with Crippen molar-refractivity contribution in [3.63, 3.8) is 0 Å². The third-order valence-electron chi connectivity index (χ3n) is 3.98. The number of hydrogen-bond donors (Lipinski definition) is 1. The van der Waals surface area contributed by atoms with Crippen molar-refractivity contribution in [2.75, 3.05) is 6.54 Å². The standard InChI is InChI=1S/C14H18N2/c15-14-13-7-2-1-6-12(13)10-16(14)9-8-11-4-3-5-11/h1-2,6-7,11,15H,3-5,8-10H2. The van der Waals surface area contributed by atoms with E-state index in [-0.39, 0.29) is 0 Å². The summed E-state index contributed by atoms with van der Waals surface area (Å²) in [6.45, 7) is 2.01. The van der Waals surface area contributed by atoms with Gasteiger partial charge in [-0.1, -0.05) is 43.5 Å². The molecule has 0 atom stereocenters. The first kappa shape index (κ1) is 9.88. The van der Waals surface area contributed by atoms with E-state index in [1.54, 1.807) is 0 Å². The summed E-state index contributed by atoms with van der Waals surface area (Å²) in [6.07, 6.45) is 5.51. The lowest BCUT2D eigenvalue weighted by atomic mass is 9.83. The third-order valence-corrected chi connectivity index (χ3v) is 3.98. The van der Waals surface area contributed by atoms with Gasteiger partial charge in [0.15, 0.2) is 0 Å². The number of nitrogens with zero attached hydrogens (tertiary/aromatic N) is 1. The van der Waals surface area contributed by atoms with E-state index in [0.29, 0.717) is 0 Å². The maximum Gasteiger partial charge on any atom is 0.128 e. The van der Waals surface area contributed by atoms with Gasteiger partial charge in [0.05, 0.1) is 0 Å². The Kier molecular flexibility index (Phi) is 2.43. The first-order valence-corrected chi connectivity index (χ1v) is 6.26. The quantitative estimate of drug-likeness (QED) is 0.822. The molecular formula is C14H18N2. The summed E-state index contributed by atoms with van der Waals surface area (Å²) < 4.78 is 0. The van der Waals surface area contributed by atoms with Gasteiger partial charge in [0.1, 0.15) is 5.84 Å². The summed E-state index contributed by atoms with van der Waals surface area (Å²) in [5.41, 5.74) is 2.46. The molecule has 1 aromatic carbocycles. The van der Waals surface area contributed by atoms with Crippen LogP contribution in [0.25, 0.3) is 0 Å². The summed E-state index contributed by atoms with van der Waals surface area (Å²) in [5.74, 6) is 1.67. The minimum atomic E-state index is 0.731. The normalized spacial score (nSPS) is 19.8. The van der Waals surface area contributed by atoms with Gasteiger partial charge in [0.25, 0.3) is 0 Å². The lowest BCUT2D eigenvalue weighted by molar-refractivity contribution is 0.263. The molecule has 84 valence electrons. The van der Waals surface area contributed by atoms with Crippen LogP contribution in [-0.4, -0.2) is 17.3 Å². The van der Waals surface area contributed by atoms with Crippen molar-refractivity contribution >= 4 is 5.84 Å². The Balaban J connectivity index is 1.65. The fourth-order valence-corrected chi connectivity index (χ4v) is 2.65. The maximum absolute atomic E-state index is 8.13. The summed E-state index contributed by atoms with van der Waals surface area (Å²) in [5, 5.41) is 8.13. The molecule has 1 aromatic rings. The number of amidine groups is 1. The highest BCUT2D eigenvalue weighted by Gasteiger charge is 2.25. The van der Waals surface area contributed by atoms with Crippen LogP contribution in [0.15, 0.2) is 24.3 Å². The van der Waals surface area contributed by atoms with Crippen molar-refractivity contribution in [3.05, 3.63) is 35.4 Å². The average molecular weight is 214 g/mol. The molecule has 1 heterocycles. The van der Waals surface area contributed by atoms with E-state index in [2.05, 4.69) is 23.1 Å². The molecule has 2 aliphatic rings. The third kappa shape index (κ3) is 1.62. The highest BCUT2D eigenvalue weighted by atomic mass is 15.2. The van der Waals surface area contributed by atoms with E-state index in [0.717, 1.165) is 30.4 Å². The van der Waals surface area contributed by atoms with Crippen molar-refractivity contribution in [1.82, 2.24) is 4.90 Å². The highest BCUT2D eigenvalue weighted by molar-refractivity contribution is 6.00. The maximum atomic E-state index is 8.13. The molecule has 16 heavy (non-hydrogen) atoms. The van der Waals surface area contributed by atoms with Gasteiger partial charge in [-0.15, -0.1) is 0 Å². The largest absolute Gasteiger partial charge is 0.352 e. The highest BCUT2D eigenvalue weighted by Crippen LogP contribution is 2.31. The number of benzene rings is 1. The van der Waals surface area contributed by atoms with Crippen LogP contribution in [0.4, 0.5) is 0 Å². The van der Waals surface area contributed by atoms with Gasteiger partial charge in [-0.05, 0) is 17.9 Å². The van der Waals surface area contributed by atoms with Gasteiger partial charge in [-0.25, -0.2) is 0 Å². The molecule has 0 aromatic heterocycles. The Morgan fingerprint density at radius 1 is 1.25 bits per heavy atom. The van der Waals surface area contributed by atoms with Crippen molar-refractivity contribution in [2.24, 2.45) is 5.92 Å². The first-order chi connectivity index (χ1) is 7.84. The zero-order chi connectivity index (χ0) is 11.0. The molecule has 1 aliphatic heterocycles. The molecule has 1 saturated carbocycles. The molecule has 0 unspecified atom stereocenters. The second-order valence-electron chi connectivity index (χ2n) is 5.01. The summed E-state index contributed by atoms with van der Waals surface area (Å²) in [6, 6.07) is 8.32. The molecule has 1 N–H and O–H groups in total. The molecule has 0 saturated heterocycles. The Hall–Kier alpha value is -1.31. The lowest BCUT2D eigenvalue weighted by Crippen LogP contribution is -2.27. The van der Waals surface area contributed by atoms with Gasteiger partial charge in [0.2, 0.25) is 0 Å². The van der Waals surface area contributed by atoms with E-state index in [4.69, 9.17) is 5.41 Å². The molecule has 1 aliphatic carbocycles. The van der Waals surface area contributed by atoms with Crippen LogP contribution in [-0.2, 0) is 6.54 Å². The first-order valence-electron chi connectivity index (χ1n) is 6.26. The van der Waals surface area contributed by atoms with E-state index < -0.39 is 0 Å². The van der Waals surface area contributed by atoms with E-state index >= 15 is 0 Å². The predicted molar refractivity (Wildman–Crippen MR) is 65.6 cm³/mol. The second kappa shape index (κ2) is 3.93. The number of hydrogen-bond acceptors (Lipinski definition) is 1. The zero-order valence-corrected chi connectivity index (χ0v) is 9.58. The number of nitrogens with one attached hydrogen (secondary N) is 1.